The average molecular weight is 352 g/mol. The van der Waals surface area contributed by atoms with Gasteiger partial charge in [-0.3, -0.25) is 9.59 Å². The number of esters is 2. The van der Waals surface area contributed by atoms with Gasteiger partial charge in [-0.05, 0) is 33.1 Å². The van der Waals surface area contributed by atoms with E-state index in [-0.39, 0.29) is 24.8 Å². The lowest BCUT2D eigenvalue weighted by Crippen LogP contribution is -2.09. The molecule has 0 fully saturated rings. The topological polar surface area (TPSA) is 86.7 Å². The smallest absolute Gasteiger partial charge is 0.333 e. The van der Waals surface area contributed by atoms with Crippen molar-refractivity contribution in [2.24, 2.45) is 0 Å². The third-order valence-electron chi connectivity index (χ3n) is 3.27. The minimum absolute atomic E-state index is 0.0505. The largest absolute Gasteiger partial charge is 0.462 e. The van der Waals surface area contributed by atoms with Gasteiger partial charge in [0.15, 0.2) is 0 Å². The number of hydrogen-bond donors (Lipinski definition) is 0. The molecule has 0 spiro atoms. The second-order valence-electron chi connectivity index (χ2n) is 5.97. The van der Waals surface area contributed by atoms with E-state index < -0.39 is 11.9 Å². The molecule has 0 amide bonds. The standard InChI is InChI=1S/C19H28O6/c1-14(2)18(22)24-12-6-10-16(20)8-5-9-17(21)11-7-13-25-19(23)15(3)4/h1,3,5-13H2,2,4H3. The Morgan fingerprint density at radius 1 is 0.640 bits per heavy atom. The quantitative estimate of drug-likeness (QED) is 0.271. The molecular weight excluding hydrogens is 324 g/mol. The number of carbonyl (C=O) groups is 4. The summed E-state index contributed by atoms with van der Waals surface area (Å²) in [5, 5.41) is 0. The van der Waals surface area contributed by atoms with Gasteiger partial charge in [0.2, 0.25) is 0 Å². The molecule has 0 aromatic carbocycles. The first-order chi connectivity index (χ1) is 11.7. The lowest BCUT2D eigenvalue weighted by atomic mass is 10.1. The highest BCUT2D eigenvalue weighted by Crippen LogP contribution is 2.06. The van der Waals surface area contributed by atoms with E-state index in [0.717, 1.165) is 0 Å². The molecule has 0 bridgehead atoms. The van der Waals surface area contributed by atoms with E-state index in [4.69, 9.17) is 9.47 Å². The Morgan fingerprint density at radius 2 is 0.960 bits per heavy atom. The number of ether oxygens (including phenoxy) is 2. The summed E-state index contributed by atoms with van der Waals surface area (Å²) in [6, 6.07) is 0. The lowest BCUT2D eigenvalue weighted by Gasteiger charge is -2.05. The molecule has 25 heavy (non-hydrogen) atoms. The number of hydrogen-bond acceptors (Lipinski definition) is 6. The van der Waals surface area contributed by atoms with Crippen LogP contribution in [0.4, 0.5) is 0 Å². The van der Waals surface area contributed by atoms with E-state index in [1.54, 1.807) is 13.8 Å². The van der Waals surface area contributed by atoms with Crippen LogP contribution in [-0.2, 0) is 28.7 Å². The number of rotatable bonds is 14. The van der Waals surface area contributed by atoms with Crippen molar-refractivity contribution in [2.75, 3.05) is 13.2 Å². The highest BCUT2D eigenvalue weighted by molar-refractivity contribution is 5.87. The molecule has 0 aromatic heterocycles. The molecule has 0 aliphatic rings. The predicted molar refractivity (Wildman–Crippen MR) is 93.9 cm³/mol. The van der Waals surface area contributed by atoms with Gasteiger partial charge in [0.05, 0.1) is 13.2 Å². The van der Waals surface area contributed by atoms with Crippen molar-refractivity contribution in [3.05, 3.63) is 24.3 Å². The van der Waals surface area contributed by atoms with Crippen molar-refractivity contribution in [3.63, 3.8) is 0 Å². The first kappa shape index (κ1) is 22.8. The van der Waals surface area contributed by atoms with Gasteiger partial charge in [0.25, 0.3) is 0 Å². The Kier molecular flexibility index (Phi) is 11.9. The zero-order valence-electron chi connectivity index (χ0n) is 15.2. The predicted octanol–water partition coefficient (Wildman–Crippen LogP) is 3.09. The summed E-state index contributed by atoms with van der Waals surface area (Å²) < 4.78 is 9.79. The second kappa shape index (κ2) is 13.1. The maximum Gasteiger partial charge on any atom is 0.333 e. The first-order valence-electron chi connectivity index (χ1n) is 8.42. The molecule has 0 rings (SSSR count). The van der Waals surface area contributed by atoms with Crippen molar-refractivity contribution in [2.45, 2.75) is 58.8 Å². The second-order valence-corrected chi connectivity index (χ2v) is 5.97. The molecule has 0 atom stereocenters. The molecule has 0 saturated carbocycles. The van der Waals surface area contributed by atoms with Gasteiger partial charge in [-0.2, -0.15) is 0 Å². The molecule has 0 aliphatic carbocycles. The van der Waals surface area contributed by atoms with Crippen LogP contribution in [0, 0.1) is 0 Å². The van der Waals surface area contributed by atoms with Crippen molar-refractivity contribution in [1.82, 2.24) is 0 Å². The fourth-order valence-corrected chi connectivity index (χ4v) is 1.85. The maximum atomic E-state index is 11.7. The van der Waals surface area contributed by atoms with E-state index in [0.29, 0.717) is 56.1 Å². The Balaban J connectivity index is 3.61. The van der Waals surface area contributed by atoms with Gasteiger partial charge in [0, 0.05) is 36.8 Å². The zero-order valence-corrected chi connectivity index (χ0v) is 15.2. The van der Waals surface area contributed by atoms with E-state index in [1.165, 1.54) is 0 Å². The van der Waals surface area contributed by atoms with E-state index in [1.807, 2.05) is 0 Å². The van der Waals surface area contributed by atoms with Crippen LogP contribution in [0.3, 0.4) is 0 Å². The summed E-state index contributed by atoms with van der Waals surface area (Å²) in [7, 11) is 0. The summed E-state index contributed by atoms with van der Waals surface area (Å²) >= 11 is 0. The number of Topliss-reactive ketones (excluding diaryl/α,β-unsaturated/α-hetero) is 2. The molecule has 0 aliphatic heterocycles. The Bertz CT molecular complexity index is 472. The molecular formula is C19H28O6. The van der Waals surface area contributed by atoms with Gasteiger partial charge < -0.3 is 9.47 Å². The fraction of sp³-hybridized carbons (Fsp3) is 0.579. The normalized spacial score (nSPS) is 10.0. The Hall–Kier alpha value is -2.24. The van der Waals surface area contributed by atoms with Crippen LogP contribution in [0.15, 0.2) is 24.3 Å². The number of carbonyl (C=O) groups excluding carboxylic acids is 4. The molecule has 0 saturated heterocycles. The van der Waals surface area contributed by atoms with Crippen LogP contribution < -0.4 is 0 Å². The van der Waals surface area contributed by atoms with Crippen LogP contribution >= 0.6 is 0 Å². The van der Waals surface area contributed by atoms with Crippen LogP contribution in [-0.4, -0.2) is 36.7 Å². The summed E-state index contributed by atoms with van der Waals surface area (Å²) in [4.78, 5) is 45.6. The molecule has 0 radical (unpaired) electrons. The van der Waals surface area contributed by atoms with Gasteiger partial charge in [-0.15, -0.1) is 0 Å². The first-order valence-corrected chi connectivity index (χ1v) is 8.42. The monoisotopic (exact) mass is 352 g/mol. The zero-order chi connectivity index (χ0) is 19.2. The van der Waals surface area contributed by atoms with Gasteiger partial charge >= 0.3 is 11.9 Å². The van der Waals surface area contributed by atoms with Crippen molar-refractivity contribution in [3.8, 4) is 0 Å². The van der Waals surface area contributed by atoms with E-state index in [9.17, 15) is 19.2 Å². The highest BCUT2D eigenvalue weighted by atomic mass is 16.5. The summed E-state index contributed by atoms with van der Waals surface area (Å²) in [6.07, 6.45) is 2.78. The van der Waals surface area contributed by atoms with E-state index >= 15 is 0 Å². The Morgan fingerprint density at radius 3 is 1.28 bits per heavy atom. The maximum absolute atomic E-state index is 11.7. The molecule has 0 heterocycles. The summed E-state index contributed by atoms with van der Waals surface area (Å²) in [6.45, 7) is 10.5. The van der Waals surface area contributed by atoms with Crippen LogP contribution in [0.1, 0.15) is 58.8 Å². The van der Waals surface area contributed by atoms with Crippen molar-refractivity contribution in [1.29, 1.82) is 0 Å². The van der Waals surface area contributed by atoms with Crippen molar-refractivity contribution >= 4 is 23.5 Å². The molecule has 140 valence electrons. The van der Waals surface area contributed by atoms with Crippen LogP contribution in [0.2, 0.25) is 0 Å². The van der Waals surface area contributed by atoms with Gasteiger partial charge in [0.1, 0.15) is 11.6 Å². The third kappa shape index (κ3) is 12.8. The average Bonchev–Trinajstić information content (AvgIpc) is 2.54. The fourth-order valence-electron chi connectivity index (χ4n) is 1.85. The third-order valence-corrected chi connectivity index (χ3v) is 3.27. The summed E-state index contributed by atoms with van der Waals surface area (Å²) in [5.74, 6) is -0.803. The molecule has 0 aromatic rings. The van der Waals surface area contributed by atoms with E-state index in [2.05, 4.69) is 13.2 Å². The molecule has 6 nitrogen and oxygen atoms in total. The highest BCUT2D eigenvalue weighted by Gasteiger charge is 2.08. The van der Waals surface area contributed by atoms with Gasteiger partial charge in [-0.1, -0.05) is 13.2 Å². The van der Waals surface area contributed by atoms with Gasteiger partial charge in [-0.25, -0.2) is 9.59 Å². The molecule has 0 unspecified atom stereocenters. The van der Waals surface area contributed by atoms with Crippen LogP contribution in [0.25, 0.3) is 0 Å². The van der Waals surface area contributed by atoms with Crippen LogP contribution in [0.5, 0.6) is 0 Å². The molecule has 6 heteroatoms. The minimum Gasteiger partial charge on any atom is -0.462 e. The van der Waals surface area contributed by atoms with Crippen molar-refractivity contribution < 1.29 is 28.7 Å². The SMILES string of the molecule is C=C(C)C(=O)OCCCC(=O)CCCC(=O)CCCOC(=O)C(=C)C. The number of ketones is 2. The Labute approximate surface area is 149 Å². The lowest BCUT2D eigenvalue weighted by molar-refractivity contribution is -0.140. The minimum atomic E-state index is -0.452. The molecule has 0 N–H and O–H groups in total. The summed E-state index contributed by atoms with van der Waals surface area (Å²) in [5.41, 5.74) is 0.665.